The molecule has 0 radical (unpaired) electrons. The summed E-state index contributed by atoms with van der Waals surface area (Å²) in [5.41, 5.74) is 10.5. The first-order valence-corrected chi connectivity index (χ1v) is 48.9. The fraction of sp³-hybridized carbons (Fsp3) is 0.568. The summed E-state index contributed by atoms with van der Waals surface area (Å²) in [4.78, 5) is 49.1. The van der Waals surface area contributed by atoms with Crippen molar-refractivity contribution >= 4 is 47.8 Å². The van der Waals surface area contributed by atoms with E-state index in [0.717, 1.165) is 84.0 Å². The predicted molar refractivity (Wildman–Crippen MR) is 499 cm³/mol. The molecule has 39 heteroatoms. The molecule has 0 amide bonds. The maximum atomic E-state index is 12.0. The van der Waals surface area contributed by atoms with E-state index in [1.807, 2.05) is 57.2 Å². The monoisotopic (exact) mass is 2020 g/mol. The zero-order valence-corrected chi connectivity index (χ0v) is 81.2. The van der Waals surface area contributed by atoms with Gasteiger partial charge in [-0.15, -0.1) is 0 Å². The zero-order valence-electron chi connectivity index (χ0n) is 77.2. The van der Waals surface area contributed by atoms with Crippen molar-refractivity contribution < 1.29 is 119 Å². The Labute approximate surface area is 800 Å². The highest BCUT2D eigenvalue weighted by molar-refractivity contribution is 9.10. The molecule has 9 aliphatic heterocycles. The molecule has 0 saturated carbocycles. The molecular formula is C95H130Br2FN11O24S. The van der Waals surface area contributed by atoms with Crippen LogP contribution in [0.5, 0.6) is 41.2 Å². The van der Waals surface area contributed by atoms with E-state index in [9.17, 15) is 43.1 Å². The Morgan fingerprint density at radius 3 is 0.955 bits per heavy atom. The number of ketones is 1. The van der Waals surface area contributed by atoms with Gasteiger partial charge in [0.15, 0.2) is 5.78 Å². The van der Waals surface area contributed by atoms with Crippen molar-refractivity contribution in [3.05, 3.63) is 195 Å². The number of nitrogens with zero attached hydrogens (tertiary/aromatic N) is 10. The van der Waals surface area contributed by atoms with Crippen molar-refractivity contribution in [2.24, 2.45) is 35.3 Å². The van der Waals surface area contributed by atoms with Gasteiger partial charge in [-0.2, -0.15) is 12.8 Å². The second-order valence-corrected chi connectivity index (χ2v) is 37.6. The third-order valence-corrected chi connectivity index (χ3v) is 24.2. The van der Waals surface area contributed by atoms with E-state index in [-0.39, 0.29) is 97.4 Å². The average molecular weight is 2020 g/mol. The topological polar surface area (TPSA) is 447 Å². The van der Waals surface area contributed by atoms with Crippen LogP contribution in [0, 0.1) is 35.5 Å². The summed E-state index contributed by atoms with van der Waals surface area (Å²) in [7, 11) is -3.51. The number of aliphatic hydroxyl groups is 6. The summed E-state index contributed by atoms with van der Waals surface area (Å²) < 4.78 is 114. The quantitative estimate of drug-likeness (QED) is 0.0109. The number of hydrogen-bond donors (Lipinski definition) is 7. The fourth-order valence-corrected chi connectivity index (χ4v) is 14.2. The number of ether oxygens (including phenoxy) is 14. The molecule has 134 heavy (non-hydrogen) atoms. The standard InChI is InChI=1S/C16H24N2O3.C15H23N3O3.C13H19NO6S.C13H19NO3.C13H17NO3.C12H17NO4.C8H8BrNO2.C5H3BrFN/c1-12(9-18-6-2-3-7-18)16(19)13-4-5-15(17-8-13)21-14-10-20-11-14;16-13(8-18-5-1-2-6-18)15(19)11-3-4-14(17-7-11)21-12-9-20-10-12;1-9(6-19-21(2,16)17)13(15)10-3-4-12(14-5-10)20-11-7-18-8-11;2*1-3-9(2)13(15)10-4-5-12(14-6-10)17-11-7-16-8-11;1-8(5-14)12(15)9-2-3-11(13-4-9)17-10-6-16-7-10;9-6-1-2-8(10-3-6)12-7-4-11-5-7;6-4-1-2-5(7)8-3-4/h4-5,8,12,14,16,19H,2-3,6-7,9-11H2,1H3;3-4,7,12-13,15,19H,1-2,5-6,8-10,16H2;3-5,9,11,13,15H,6-8H2,1-2H3;4-6,9,11,13,15H,3,7-8H2,1-2H3;4-6,9,11H,3,7-8H2,1-2H3;2-4,8,10,12,14-15H,5-7H2,1H3;1-3,7H,4-5H2;1-3H/t12-,16?;13-,15?;2*9-,13?;9-;8-,12?;;/m111111../s1. The van der Waals surface area contributed by atoms with Gasteiger partial charge in [0.2, 0.25) is 47.1 Å². The number of pyridine rings is 8. The van der Waals surface area contributed by atoms with Gasteiger partial charge in [0, 0.05) is 156 Å². The largest absolute Gasteiger partial charge is 0.469 e. The van der Waals surface area contributed by atoms with E-state index in [2.05, 4.69) is 99.6 Å². The number of halogens is 3. The van der Waals surface area contributed by atoms with E-state index < -0.39 is 46.6 Å². The lowest BCUT2D eigenvalue weighted by Crippen LogP contribution is -2.40. The number of aromatic nitrogens is 8. The molecule has 0 aliphatic carbocycles. The number of carbonyl (C=O) groups excluding carboxylic acids is 1. The van der Waals surface area contributed by atoms with Crippen LogP contribution in [0.3, 0.4) is 0 Å². The second-order valence-electron chi connectivity index (χ2n) is 34.2. The molecule has 8 N–H and O–H groups in total. The highest BCUT2D eigenvalue weighted by Crippen LogP contribution is 2.31. The molecule has 8 aromatic rings. The van der Waals surface area contributed by atoms with Crippen LogP contribution in [0.25, 0.3) is 0 Å². The molecule has 0 spiro atoms. The Kier molecular flexibility index (Phi) is 45.4. The van der Waals surface area contributed by atoms with Crippen molar-refractivity contribution in [2.75, 3.05) is 151 Å². The molecule has 736 valence electrons. The predicted octanol–water partition coefficient (Wildman–Crippen LogP) is 10.6. The first kappa shape index (κ1) is 108. The number of hydrogen-bond acceptors (Lipinski definition) is 35. The molecular weight excluding hydrogens is 1890 g/mol. The molecule has 5 unspecified atom stereocenters. The summed E-state index contributed by atoms with van der Waals surface area (Å²) in [5, 5.41) is 59.8. The van der Waals surface area contributed by atoms with Gasteiger partial charge in [0.1, 0.15) is 42.7 Å². The van der Waals surface area contributed by atoms with Gasteiger partial charge >= 0.3 is 0 Å². The van der Waals surface area contributed by atoms with Crippen molar-refractivity contribution in [1.82, 2.24) is 49.7 Å². The van der Waals surface area contributed by atoms with Crippen LogP contribution in [0.1, 0.15) is 156 Å². The van der Waals surface area contributed by atoms with E-state index in [4.69, 9.17) is 77.2 Å². The molecule has 0 bridgehead atoms. The van der Waals surface area contributed by atoms with Gasteiger partial charge in [-0.05, 0) is 179 Å². The number of carbonyl (C=O) groups is 1. The van der Waals surface area contributed by atoms with Crippen LogP contribution in [-0.4, -0.2) is 295 Å². The van der Waals surface area contributed by atoms with Gasteiger partial charge < -0.3 is 112 Å². The molecule has 17 heterocycles. The summed E-state index contributed by atoms with van der Waals surface area (Å²) in [6, 6.07) is 27.7. The summed E-state index contributed by atoms with van der Waals surface area (Å²) in [5.74, 6) is 3.57. The molecule has 9 aliphatic rings. The van der Waals surface area contributed by atoms with Gasteiger partial charge in [-0.1, -0.05) is 54.9 Å². The molecule has 0 aromatic carbocycles. The molecule has 9 fully saturated rings. The Hall–Kier alpha value is -8.37. The smallest absolute Gasteiger partial charge is 0.264 e. The third-order valence-electron chi connectivity index (χ3n) is 22.7. The van der Waals surface area contributed by atoms with E-state index in [1.54, 1.807) is 106 Å². The maximum Gasteiger partial charge on any atom is 0.264 e. The first-order chi connectivity index (χ1) is 64.5. The minimum absolute atomic E-state index is 0.0374. The number of nitrogens with two attached hydrogens (primary N) is 1. The zero-order chi connectivity index (χ0) is 95.9. The van der Waals surface area contributed by atoms with Crippen LogP contribution < -0.4 is 38.9 Å². The molecule has 11 atom stereocenters. The molecule has 9 saturated heterocycles. The lowest BCUT2D eigenvalue weighted by molar-refractivity contribution is -0.0813. The minimum Gasteiger partial charge on any atom is -0.469 e. The Morgan fingerprint density at radius 2 is 0.694 bits per heavy atom. The van der Waals surface area contributed by atoms with Crippen LogP contribution in [0.15, 0.2) is 156 Å². The number of rotatable bonds is 36. The maximum absolute atomic E-state index is 12.0. The van der Waals surface area contributed by atoms with Crippen molar-refractivity contribution in [1.29, 1.82) is 0 Å². The van der Waals surface area contributed by atoms with Gasteiger partial charge in [0.05, 0.1) is 136 Å². The van der Waals surface area contributed by atoms with Crippen LogP contribution >= 0.6 is 31.9 Å². The number of likely N-dealkylation sites (tertiary alicyclic amines) is 2. The third kappa shape index (κ3) is 37.2. The molecule has 35 nitrogen and oxygen atoms in total. The van der Waals surface area contributed by atoms with Crippen LogP contribution in [-0.2, 0) is 47.5 Å². The normalized spacial score (nSPS) is 19.3. The lowest BCUT2D eigenvalue weighted by Gasteiger charge is -2.26. The molecule has 17 rings (SSSR count). The second kappa shape index (κ2) is 56.5. The average Bonchev–Trinajstić information content (AvgIpc) is 1.46. The van der Waals surface area contributed by atoms with Crippen LogP contribution in [0.2, 0.25) is 0 Å². The lowest BCUT2D eigenvalue weighted by atomic mass is 9.97. The highest BCUT2D eigenvalue weighted by Gasteiger charge is 2.31. The fourth-order valence-electron chi connectivity index (χ4n) is 13.2. The first-order valence-electron chi connectivity index (χ1n) is 45.5. The summed E-state index contributed by atoms with van der Waals surface area (Å²) in [6.07, 6.45) is 18.2. The van der Waals surface area contributed by atoms with E-state index in [0.29, 0.717) is 150 Å². The van der Waals surface area contributed by atoms with Gasteiger partial charge in [0.25, 0.3) is 10.1 Å². The summed E-state index contributed by atoms with van der Waals surface area (Å²) >= 11 is 6.42. The van der Waals surface area contributed by atoms with Crippen LogP contribution in [0.4, 0.5) is 4.39 Å². The molecule has 8 aromatic heterocycles. The van der Waals surface area contributed by atoms with Crippen molar-refractivity contribution in [3.63, 3.8) is 0 Å². The van der Waals surface area contributed by atoms with E-state index in [1.165, 1.54) is 44.1 Å². The minimum atomic E-state index is -3.51. The van der Waals surface area contributed by atoms with Gasteiger partial charge in [-0.3, -0.25) is 8.98 Å². The van der Waals surface area contributed by atoms with Crippen molar-refractivity contribution in [3.8, 4) is 41.2 Å². The van der Waals surface area contributed by atoms with E-state index >= 15 is 0 Å². The van der Waals surface area contributed by atoms with Gasteiger partial charge in [-0.25, -0.2) is 39.9 Å². The van der Waals surface area contributed by atoms with Crippen molar-refractivity contribution in [2.45, 2.75) is 166 Å². The number of Topliss-reactive ketones (excluding diaryl/α,β-unsaturated/α-hetero) is 1. The highest BCUT2D eigenvalue weighted by atomic mass is 79.9. The SMILES string of the molecule is Brc1ccc(OC2COC2)nc1.CC[C@@H](C)C(=O)c1ccc(OC2COC2)nc1.CC[C@@H](C)C(O)c1ccc(OC2COC2)nc1.C[C@H](CN1CCCC1)C(O)c1ccc(OC2COC2)nc1.C[C@H](CO)C(O)c1ccc(OC2COC2)nc1.C[C@H](COS(C)(=O)=O)C(O)c1ccc(OC2COC2)nc1.Fc1ccc(Br)cn1.N[C@H](CN1CCCC1)C(O)c1ccc(OC2COC2)nc1. The number of aliphatic hydroxyl groups excluding tert-OH is 6. The summed E-state index contributed by atoms with van der Waals surface area (Å²) in [6.45, 7) is 28.3. The Morgan fingerprint density at radius 1 is 0.403 bits per heavy atom. The Balaban J connectivity index is 0.000000160. The Bertz CT molecular complexity index is 4560.